The number of hydrogen-bond acceptors (Lipinski definition) is 3. The van der Waals surface area contributed by atoms with Gasteiger partial charge in [-0.2, -0.15) is 0 Å². The van der Waals surface area contributed by atoms with Crippen molar-refractivity contribution in [3.63, 3.8) is 0 Å². The van der Waals surface area contributed by atoms with Gasteiger partial charge in [0.1, 0.15) is 0 Å². The Kier molecular flexibility index (Phi) is 6.77. The Bertz CT molecular complexity index is 371. The molecule has 0 aliphatic carbocycles. The Labute approximate surface area is 108 Å². The van der Waals surface area contributed by atoms with Gasteiger partial charge in [-0.25, -0.2) is 0 Å². The lowest BCUT2D eigenvalue weighted by molar-refractivity contribution is -0.159. The fraction of sp³-hybridized carbons (Fsp3) is 0.467. The molecule has 0 fully saturated rings. The first-order valence-electron chi connectivity index (χ1n) is 6.49. The Hall–Kier alpha value is -1.64. The minimum absolute atomic E-state index is 0.254. The number of esters is 2. The molecule has 0 aliphatic rings. The van der Waals surface area contributed by atoms with E-state index in [1.165, 1.54) is 0 Å². The summed E-state index contributed by atoms with van der Waals surface area (Å²) in [4.78, 5) is 22.7. The molecule has 1 aromatic rings. The highest BCUT2D eigenvalue weighted by atomic mass is 16.6. The quantitative estimate of drug-likeness (QED) is 0.422. The molecule has 0 atom stereocenters. The normalized spacial score (nSPS) is 10.1. The van der Waals surface area contributed by atoms with E-state index in [1.54, 1.807) is 0 Å². The van der Waals surface area contributed by atoms with E-state index in [1.807, 2.05) is 30.3 Å². The maximum atomic E-state index is 11.4. The molecule has 98 valence electrons. The standard InChI is InChI=1S/C15H20O3/c1-2-3-5-10-14(16)18-15(17)12-11-13-8-6-4-7-9-13/h4,6-9H,2-3,5,10-12H2,1H3. The van der Waals surface area contributed by atoms with Gasteiger partial charge >= 0.3 is 11.9 Å². The maximum Gasteiger partial charge on any atom is 0.313 e. The van der Waals surface area contributed by atoms with Crippen LogP contribution in [0.25, 0.3) is 0 Å². The van der Waals surface area contributed by atoms with Gasteiger partial charge in [0.15, 0.2) is 0 Å². The van der Waals surface area contributed by atoms with Crippen LogP contribution in [0, 0.1) is 0 Å². The Morgan fingerprint density at radius 3 is 2.33 bits per heavy atom. The minimum Gasteiger partial charge on any atom is -0.393 e. The third-order valence-electron chi connectivity index (χ3n) is 2.67. The van der Waals surface area contributed by atoms with Crippen molar-refractivity contribution in [2.75, 3.05) is 0 Å². The molecule has 0 amide bonds. The Morgan fingerprint density at radius 1 is 1.00 bits per heavy atom. The summed E-state index contributed by atoms with van der Waals surface area (Å²) in [6.45, 7) is 2.07. The van der Waals surface area contributed by atoms with Crippen molar-refractivity contribution in [3.05, 3.63) is 35.9 Å². The molecule has 3 heteroatoms. The summed E-state index contributed by atoms with van der Waals surface area (Å²) < 4.78 is 4.74. The number of unbranched alkanes of at least 4 members (excludes halogenated alkanes) is 2. The molecule has 0 unspecified atom stereocenters. The molecule has 0 aliphatic heterocycles. The predicted molar refractivity (Wildman–Crippen MR) is 70.0 cm³/mol. The zero-order valence-electron chi connectivity index (χ0n) is 10.9. The molecule has 0 radical (unpaired) electrons. The highest BCUT2D eigenvalue weighted by molar-refractivity contribution is 5.85. The fourth-order valence-corrected chi connectivity index (χ4v) is 1.64. The van der Waals surface area contributed by atoms with Crippen molar-refractivity contribution in [1.82, 2.24) is 0 Å². The smallest absolute Gasteiger partial charge is 0.313 e. The van der Waals surface area contributed by atoms with Crippen LogP contribution in [0.2, 0.25) is 0 Å². The van der Waals surface area contributed by atoms with Gasteiger partial charge in [-0.05, 0) is 18.4 Å². The first-order valence-corrected chi connectivity index (χ1v) is 6.49. The van der Waals surface area contributed by atoms with Gasteiger partial charge < -0.3 is 4.74 Å². The average Bonchev–Trinajstić information content (AvgIpc) is 2.38. The number of carbonyl (C=O) groups excluding carboxylic acids is 2. The summed E-state index contributed by atoms with van der Waals surface area (Å²) in [5.41, 5.74) is 1.08. The van der Waals surface area contributed by atoms with E-state index in [9.17, 15) is 9.59 Å². The second-order valence-corrected chi connectivity index (χ2v) is 4.29. The van der Waals surface area contributed by atoms with Crippen molar-refractivity contribution in [2.45, 2.75) is 45.4 Å². The van der Waals surface area contributed by atoms with Crippen LogP contribution in [0.3, 0.4) is 0 Å². The van der Waals surface area contributed by atoms with E-state index in [0.717, 1.165) is 24.8 Å². The zero-order chi connectivity index (χ0) is 13.2. The van der Waals surface area contributed by atoms with Gasteiger partial charge in [-0.15, -0.1) is 0 Å². The average molecular weight is 248 g/mol. The van der Waals surface area contributed by atoms with E-state index in [0.29, 0.717) is 12.8 Å². The fourth-order valence-electron chi connectivity index (χ4n) is 1.64. The summed E-state index contributed by atoms with van der Waals surface area (Å²) in [6, 6.07) is 9.69. The van der Waals surface area contributed by atoms with Gasteiger partial charge in [0, 0.05) is 6.42 Å². The van der Waals surface area contributed by atoms with Crippen LogP contribution in [0.4, 0.5) is 0 Å². The van der Waals surface area contributed by atoms with Crippen molar-refractivity contribution >= 4 is 11.9 Å². The monoisotopic (exact) mass is 248 g/mol. The van der Waals surface area contributed by atoms with Crippen LogP contribution in [-0.2, 0) is 20.7 Å². The van der Waals surface area contributed by atoms with Gasteiger partial charge in [-0.1, -0.05) is 50.1 Å². The Morgan fingerprint density at radius 2 is 1.67 bits per heavy atom. The first kappa shape index (κ1) is 14.4. The minimum atomic E-state index is -0.430. The number of benzene rings is 1. The Balaban J connectivity index is 2.19. The van der Waals surface area contributed by atoms with Crippen molar-refractivity contribution in [2.24, 2.45) is 0 Å². The number of carbonyl (C=O) groups is 2. The first-order chi connectivity index (χ1) is 8.72. The molecule has 3 nitrogen and oxygen atoms in total. The van der Waals surface area contributed by atoms with E-state index >= 15 is 0 Å². The maximum absolute atomic E-state index is 11.4. The topological polar surface area (TPSA) is 43.4 Å². The number of ether oxygens (including phenoxy) is 1. The largest absolute Gasteiger partial charge is 0.393 e. The third kappa shape index (κ3) is 6.18. The lowest BCUT2D eigenvalue weighted by Gasteiger charge is -2.03. The summed E-state index contributed by atoms with van der Waals surface area (Å²) in [7, 11) is 0. The molecule has 0 aromatic heterocycles. The number of rotatable bonds is 7. The van der Waals surface area contributed by atoms with E-state index in [-0.39, 0.29) is 6.42 Å². The molecule has 0 N–H and O–H groups in total. The van der Waals surface area contributed by atoms with Crippen LogP contribution in [0.5, 0.6) is 0 Å². The van der Waals surface area contributed by atoms with E-state index < -0.39 is 11.9 Å². The van der Waals surface area contributed by atoms with Crippen LogP contribution in [-0.4, -0.2) is 11.9 Å². The number of aryl methyl sites for hydroxylation is 1. The van der Waals surface area contributed by atoms with E-state index in [4.69, 9.17) is 4.74 Å². The van der Waals surface area contributed by atoms with Gasteiger partial charge in [0.25, 0.3) is 0 Å². The molecule has 0 saturated heterocycles. The van der Waals surface area contributed by atoms with Crippen LogP contribution in [0.1, 0.15) is 44.6 Å². The lowest BCUT2D eigenvalue weighted by Crippen LogP contribution is -2.12. The predicted octanol–water partition coefficient (Wildman–Crippen LogP) is 3.27. The molecule has 1 aromatic carbocycles. The van der Waals surface area contributed by atoms with Gasteiger partial charge in [0.05, 0.1) is 6.42 Å². The lowest BCUT2D eigenvalue weighted by atomic mass is 10.1. The van der Waals surface area contributed by atoms with Crippen molar-refractivity contribution in [1.29, 1.82) is 0 Å². The van der Waals surface area contributed by atoms with Gasteiger partial charge in [-0.3, -0.25) is 9.59 Å². The van der Waals surface area contributed by atoms with Crippen molar-refractivity contribution in [3.8, 4) is 0 Å². The third-order valence-corrected chi connectivity index (χ3v) is 2.67. The van der Waals surface area contributed by atoms with Gasteiger partial charge in [0.2, 0.25) is 0 Å². The molecular formula is C15H20O3. The molecule has 18 heavy (non-hydrogen) atoms. The molecule has 1 rings (SSSR count). The van der Waals surface area contributed by atoms with E-state index in [2.05, 4.69) is 6.92 Å². The highest BCUT2D eigenvalue weighted by Crippen LogP contribution is 2.05. The molecular weight excluding hydrogens is 228 g/mol. The molecule has 0 spiro atoms. The summed E-state index contributed by atoms with van der Waals surface area (Å²) >= 11 is 0. The second-order valence-electron chi connectivity index (χ2n) is 4.29. The van der Waals surface area contributed by atoms with Crippen LogP contribution >= 0.6 is 0 Å². The zero-order valence-corrected chi connectivity index (χ0v) is 10.9. The summed E-state index contributed by atoms with van der Waals surface area (Å²) in [5, 5.41) is 0. The van der Waals surface area contributed by atoms with Crippen LogP contribution < -0.4 is 0 Å². The van der Waals surface area contributed by atoms with Crippen LogP contribution in [0.15, 0.2) is 30.3 Å². The molecule has 0 heterocycles. The summed E-state index contributed by atoms with van der Waals surface area (Å²) in [5.74, 6) is -0.832. The molecule has 0 bridgehead atoms. The second kappa shape index (κ2) is 8.45. The molecule has 0 saturated carbocycles. The SMILES string of the molecule is CCCCCC(=O)OC(=O)CCc1ccccc1. The summed E-state index contributed by atoms with van der Waals surface area (Å²) in [6.07, 6.45) is 4.04. The highest BCUT2D eigenvalue weighted by Gasteiger charge is 2.09. The number of hydrogen-bond donors (Lipinski definition) is 0. The van der Waals surface area contributed by atoms with Crippen molar-refractivity contribution < 1.29 is 14.3 Å².